The number of likely N-dealkylation sites (N-methyl/N-ethyl adjacent to an activating group) is 1. The molecule has 0 saturated carbocycles. The first-order valence-electron chi connectivity index (χ1n) is 5.01. The lowest BCUT2D eigenvalue weighted by Gasteiger charge is -2.35. The summed E-state index contributed by atoms with van der Waals surface area (Å²) in [6.07, 6.45) is 0. The summed E-state index contributed by atoms with van der Waals surface area (Å²) in [5.74, 6) is -0.00236. The maximum atomic E-state index is 11.7. The van der Waals surface area contributed by atoms with Crippen LogP contribution in [0, 0.1) is 0 Å². The molecule has 4 heteroatoms. The molecule has 0 fully saturated rings. The van der Waals surface area contributed by atoms with Crippen molar-refractivity contribution in [2.45, 2.75) is 19.9 Å². The third-order valence-electron chi connectivity index (χ3n) is 2.74. The van der Waals surface area contributed by atoms with Gasteiger partial charge in [0.05, 0.1) is 16.4 Å². The SMILES string of the molecule is CCN1c2cccc(Cl)c2NC(=O)C1C. The molecule has 1 aliphatic rings. The lowest BCUT2D eigenvalue weighted by molar-refractivity contribution is -0.117. The monoisotopic (exact) mass is 224 g/mol. The second-order valence-corrected chi connectivity index (χ2v) is 3.99. The second-order valence-electron chi connectivity index (χ2n) is 3.59. The number of nitrogens with zero attached hydrogens (tertiary/aromatic N) is 1. The number of rotatable bonds is 1. The van der Waals surface area contributed by atoms with E-state index in [9.17, 15) is 4.79 Å². The predicted molar refractivity (Wildman–Crippen MR) is 62.6 cm³/mol. The zero-order valence-electron chi connectivity index (χ0n) is 8.75. The van der Waals surface area contributed by atoms with Crippen molar-refractivity contribution in [3.63, 3.8) is 0 Å². The van der Waals surface area contributed by atoms with Crippen molar-refractivity contribution >= 4 is 28.9 Å². The first-order valence-corrected chi connectivity index (χ1v) is 5.39. The Morgan fingerprint density at radius 3 is 2.93 bits per heavy atom. The van der Waals surface area contributed by atoms with Gasteiger partial charge in [0.1, 0.15) is 6.04 Å². The molecule has 1 heterocycles. The van der Waals surface area contributed by atoms with Crippen LogP contribution in [0.4, 0.5) is 11.4 Å². The molecule has 2 rings (SSSR count). The number of amides is 1. The van der Waals surface area contributed by atoms with Crippen LogP contribution in [0.3, 0.4) is 0 Å². The van der Waals surface area contributed by atoms with Gasteiger partial charge in [-0.3, -0.25) is 4.79 Å². The number of hydrogen-bond donors (Lipinski definition) is 1. The first-order chi connectivity index (χ1) is 7.15. The van der Waals surface area contributed by atoms with E-state index >= 15 is 0 Å². The molecule has 1 amide bonds. The number of benzene rings is 1. The number of hydrogen-bond acceptors (Lipinski definition) is 2. The molecule has 0 saturated heterocycles. The van der Waals surface area contributed by atoms with E-state index in [1.807, 2.05) is 30.9 Å². The molecule has 0 radical (unpaired) electrons. The van der Waals surface area contributed by atoms with E-state index < -0.39 is 0 Å². The third kappa shape index (κ3) is 1.57. The molecule has 3 nitrogen and oxygen atoms in total. The number of para-hydroxylation sites is 1. The Bertz CT molecular complexity index is 406. The van der Waals surface area contributed by atoms with Gasteiger partial charge in [0, 0.05) is 6.54 Å². The molecule has 0 aliphatic carbocycles. The average Bonchev–Trinajstić information content (AvgIpc) is 2.22. The van der Waals surface area contributed by atoms with E-state index in [2.05, 4.69) is 5.32 Å². The van der Waals surface area contributed by atoms with E-state index in [0.717, 1.165) is 17.9 Å². The van der Waals surface area contributed by atoms with Crippen molar-refractivity contribution in [2.24, 2.45) is 0 Å². The molecule has 0 spiro atoms. The Balaban J connectivity index is 2.54. The largest absolute Gasteiger partial charge is 0.358 e. The van der Waals surface area contributed by atoms with Crippen LogP contribution in [-0.2, 0) is 4.79 Å². The Hall–Kier alpha value is -1.22. The van der Waals surface area contributed by atoms with Gasteiger partial charge in [0.15, 0.2) is 0 Å². The highest BCUT2D eigenvalue weighted by molar-refractivity contribution is 6.35. The Morgan fingerprint density at radius 1 is 1.53 bits per heavy atom. The van der Waals surface area contributed by atoms with Crippen molar-refractivity contribution in [2.75, 3.05) is 16.8 Å². The molecular formula is C11H13ClN2O. The molecular weight excluding hydrogens is 212 g/mol. The fraction of sp³-hybridized carbons (Fsp3) is 0.364. The van der Waals surface area contributed by atoms with Crippen LogP contribution in [0.2, 0.25) is 5.02 Å². The summed E-state index contributed by atoms with van der Waals surface area (Å²) in [5, 5.41) is 3.42. The molecule has 1 unspecified atom stereocenters. The quantitative estimate of drug-likeness (QED) is 0.795. The topological polar surface area (TPSA) is 32.3 Å². The summed E-state index contributed by atoms with van der Waals surface area (Å²) in [5.41, 5.74) is 1.72. The van der Waals surface area contributed by atoms with Crippen LogP contribution in [0.5, 0.6) is 0 Å². The second kappa shape index (κ2) is 3.74. The van der Waals surface area contributed by atoms with Gasteiger partial charge in [-0.1, -0.05) is 17.7 Å². The fourth-order valence-corrected chi connectivity index (χ4v) is 2.11. The molecule has 80 valence electrons. The summed E-state index contributed by atoms with van der Waals surface area (Å²) in [6, 6.07) is 5.51. The summed E-state index contributed by atoms with van der Waals surface area (Å²) in [4.78, 5) is 13.7. The summed E-state index contributed by atoms with van der Waals surface area (Å²) in [6.45, 7) is 4.71. The summed E-state index contributed by atoms with van der Waals surface area (Å²) < 4.78 is 0. The number of carbonyl (C=O) groups excluding carboxylic acids is 1. The molecule has 0 aromatic heterocycles. The van der Waals surface area contributed by atoms with Gasteiger partial charge in [-0.05, 0) is 26.0 Å². The van der Waals surface area contributed by atoms with E-state index in [1.54, 1.807) is 6.07 Å². The molecule has 1 atom stereocenters. The number of halogens is 1. The van der Waals surface area contributed by atoms with Crippen LogP contribution in [0.15, 0.2) is 18.2 Å². The van der Waals surface area contributed by atoms with E-state index in [0.29, 0.717) is 5.02 Å². The number of nitrogens with one attached hydrogen (secondary N) is 1. The van der Waals surface area contributed by atoms with Crippen molar-refractivity contribution < 1.29 is 4.79 Å². The number of carbonyl (C=O) groups is 1. The zero-order chi connectivity index (χ0) is 11.0. The lowest BCUT2D eigenvalue weighted by atomic mass is 10.1. The molecule has 1 N–H and O–H groups in total. The van der Waals surface area contributed by atoms with Crippen LogP contribution in [-0.4, -0.2) is 18.5 Å². The number of fused-ring (bicyclic) bond motifs is 1. The fourth-order valence-electron chi connectivity index (χ4n) is 1.90. The summed E-state index contributed by atoms with van der Waals surface area (Å²) >= 11 is 6.04. The highest BCUT2D eigenvalue weighted by Crippen LogP contribution is 2.37. The van der Waals surface area contributed by atoms with Gasteiger partial charge in [-0.25, -0.2) is 0 Å². The Morgan fingerprint density at radius 2 is 2.27 bits per heavy atom. The average molecular weight is 225 g/mol. The highest BCUT2D eigenvalue weighted by atomic mass is 35.5. The van der Waals surface area contributed by atoms with Gasteiger partial charge in [0.2, 0.25) is 5.91 Å². The highest BCUT2D eigenvalue weighted by Gasteiger charge is 2.29. The molecule has 1 aromatic rings. The number of anilines is 2. The summed E-state index contributed by atoms with van der Waals surface area (Å²) in [7, 11) is 0. The predicted octanol–water partition coefficient (Wildman–Crippen LogP) is 2.51. The van der Waals surface area contributed by atoms with Gasteiger partial charge in [0.25, 0.3) is 0 Å². The Labute approximate surface area is 94.0 Å². The minimum atomic E-state index is -0.138. The third-order valence-corrected chi connectivity index (χ3v) is 3.05. The normalized spacial score (nSPS) is 19.8. The van der Waals surface area contributed by atoms with Gasteiger partial charge in [-0.15, -0.1) is 0 Å². The minimum absolute atomic E-state index is 0.00236. The molecule has 0 bridgehead atoms. The van der Waals surface area contributed by atoms with Crippen LogP contribution in [0.1, 0.15) is 13.8 Å². The molecule has 1 aliphatic heterocycles. The van der Waals surface area contributed by atoms with Gasteiger partial charge >= 0.3 is 0 Å². The lowest BCUT2D eigenvalue weighted by Crippen LogP contribution is -2.46. The van der Waals surface area contributed by atoms with E-state index in [1.165, 1.54) is 0 Å². The smallest absolute Gasteiger partial charge is 0.246 e. The molecule has 15 heavy (non-hydrogen) atoms. The van der Waals surface area contributed by atoms with Crippen molar-refractivity contribution in [3.05, 3.63) is 23.2 Å². The van der Waals surface area contributed by atoms with Crippen LogP contribution >= 0.6 is 11.6 Å². The maximum Gasteiger partial charge on any atom is 0.246 e. The zero-order valence-corrected chi connectivity index (χ0v) is 9.51. The molecule has 1 aromatic carbocycles. The minimum Gasteiger partial charge on any atom is -0.358 e. The van der Waals surface area contributed by atoms with E-state index in [-0.39, 0.29) is 11.9 Å². The van der Waals surface area contributed by atoms with Gasteiger partial charge < -0.3 is 10.2 Å². The standard InChI is InChI=1S/C11H13ClN2O/c1-3-14-7(2)11(15)13-10-8(12)5-4-6-9(10)14/h4-7H,3H2,1-2H3,(H,13,15). The van der Waals surface area contributed by atoms with Gasteiger partial charge in [-0.2, -0.15) is 0 Å². The van der Waals surface area contributed by atoms with Crippen molar-refractivity contribution in [1.82, 2.24) is 0 Å². The van der Waals surface area contributed by atoms with Crippen LogP contribution < -0.4 is 10.2 Å². The van der Waals surface area contributed by atoms with Crippen molar-refractivity contribution in [3.8, 4) is 0 Å². The van der Waals surface area contributed by atoms with Crippen LogP contribution in [0.25, 0.3) is 0 Å². The Kier molecular flexibility index (Phi) is 2.57. The maximum absolute atomic E-state index is 11.7. The van der Waals surface area contributed by atoms with Crippen molar-refractivity contribution in [1.29, 1.82) is 0 Å². The van der Waals surface area contributed by atoms with E-state index in [4.69, 9.17) is 11.6 Å². The first kappa shape index (κ1) is 10.3.